The molecule has 0 radical (unpaired) electrons. The first-order valence-corrected chi connectivity index (χ1v) is 6.77. The highest BCUT2D eigenvalue weighted by Crippen LogP contribution is 2.27. The van der Waals surface area contributed by atoms with Crippen LogP contribution in [0.15, 0.2) is 5.38 Å². The summed E-state index contributed by atoms with van der Waals surface area (Å²) in [7, 11) is 0. The van der Waals surface area contributed by atoms with Gasteiger partial charge < -0.3 is 11.1 Å². The number of rotatable bonds is 3. The maximum Gasteiger partial charge on any atom is 0.263 e. The Morgan fingerprint density at radius 1 is 1.59 bits per heavy atom. The molecule has 1 aromatic rings. The average molecular weight is 275 g/mol. The van der Waals surface area contributed by atoms with Crippen molar-refractivity contribution in [2.75, 3.05) is 6.54 Å². The molecular weight excluding hydrogens is 256 g/mol. The summed E-state index contributed by atoms with van der Waals surface area (Å²) in [4.78, 5) is 12.6. The van der Waals surface area contributed by atoms with Crippen molar-refractivity contribution in [2.24, 2.45) is 11.1 Å². The van der Waals surface area contributed by atoms with Crippen LogP contribution in [0.2, 0.25) is 5.02 Å². The molecule has 3 N–H and O–H groups in total. The Morgan fingerprint density at radius 3 is 2.53 bits per heavy atom. The molecule has 1 unspecified atom stereocenters. The largest absolute Gasteiger partial charge is 0.347 e. The third-order valence-corrected chi connectivity index (χ3v) is 4.39. The molecule has 0 fully saturated rings. The van der Waals surface area contributed by atoms with Crippen LogP contribution in [-0.4, -0.2) is 18.5 Å². The molecule has 0 saturated carbocycles. The molecule has 0 aliphatic heterocycles. The predicted octanol–water partition coefficient (Wildman–Crippen LogP) is 2.81. The lowest BCUT2D eigenvalue weighted by Gasteiger charge is -2.30. The first-order chi connectivity index (χ1) is 7.77. The summed E-state index contributed by atoms with van der Waals surface area (Å²) < 4.78 is 0. The van der Waals surface area contributed by atoms with E-state index in [9.17, 15) is 4.79 Å². The van der Waals surface area contributed by atoms with Gasteiger partial charge in [-0.2, -0.15) is 0 Å². The van der Waals surface area contributed by atoms with Gasteiger partial charge in [0.1, 0.15) is 4.88 Å². The van der Waals surface area contributed by atoms with E-state index in [1.165, 1.54) is 11.3 Å². The highest BCUT2D eigenvalue weighted by atomic mass is 35.5. The minimum absolute atomic E-state index is 0.0616. The molecule has 1 aromatic heterocycles. The summed E-state index contributed by atoms with van der Waals surface area (Å²) in [5.74, 6) is -0.140. The highest BCUT2D eigenvalue weighted by Gasteiger charge is 2.26. The predicted molar refractivity (Wildman–Crippen MR) is 73.8 cm³/mol. The minimum Gasteiger partial charge on any atom is -0.347 e. The van der Waals surface area contributed by atoms with Crippen molar-refractivity contribution in [1.29, 1.82) is 0 Å². The van der Waals surface area contributed by atoms with E-state index < -0.39 is 0 Å². The van der Waals surface area contributed by atoms with E-state index in [1.807, 2.05) is 33.1 Å². The fourth-order valence-corrected chi connectivity index (χ4v) is 2.62. The monoisotopic (exact) mass is 274 g/mol. The lowest BCUT2D eigenvalue weighted by Crippen LogP contribution is -2.48. The van der Waals surface area contributed by atoms with Crippen molar-refractivity contribution in [3.8, 4) is 0 Å². The molecule has 5 heteroatoms. The molecule has 1 atom stereocenters. The summed E-state index contributed by atoms with van der Waals surface area (Å²) in [6, 6.07) is -0.0616. The Labute approximate surface area is 111 Å². The van der Waals surface area contributed by atoms with Gasteiger partial charge in [0.05, 0.1) is 5.02 Å². The van der Waals surface area contributed by atoms with Crippen LogP contribution in [0.4, 0.5) is 0 Å². The van der Waals surface area contributed by atoms with Gasteiger partial charge in [0.15, 0.2) is 0 Å². The topological polar surface area (TPSA) is 55.1 Å². The zero-order valence-corrected chi connectivity index (χ0v) is 12.2. The molecule has 0 saturated heterocycles. The molecular formula is C12H19ClN2OS. The second-order valence-corrected chi connectivity index (χ2v) is 6.45. The number of thiophene rings is 1. The van der Waals surface area contributed by atoms with Gasteiger partial charge in [0.2, 0.25) is 0 Å². The Kier molecular flexibility index (Phi) is 4.58. The number of nitrogens with two attached hydrogens (primary N) is 1. The first kappa shape index (κ1) is 14.5. The van der Waals surface area contributed by atoms with Crippen LogP contribution in [0, 0.1) is 12.3 Å². The van der Waals surface area contributed by atoms with Crippen molar-refractivity contribution in [2.45, 2.75) is 33.7 Å². The van der Waals surface area contributed by atoms with E-state index in [0.29, 0.717) is 16.4 Å². The van der Waals surface area contributed by atoms with Gasteiger partial charge in [-0.25, -0.2) is 0 Å². The first-order valence-electron chi connectivity index (χ1n) is 5.52. The molecule has 1 amide bonds. The number of carbonyl (C=O) groups is 1. The van der Waals surface area contributed by atoms with Gasteiger partial charge in [-0.05, 0) is 23.3 Å². The summed E-state index contributed by atoms with van der Waals surface area (Å²) in [6.07, 6.45) is 0. The van der Waals surface area contributed by atoms with Crippen LogP contribution >= 0.6 is 22.9 Å². The summed E-state index contributed by atoms with van der Waals surface area (Å²) in [6.45, 7) is 8.45. The van der Waals surface area contributed by atoms with Gasteiger partial charge in [-0.15, -0.1) is 11.3 Å². The summed E-state index contributed by atoms with van der Waals surface area (Å²) in [5, 5.41) is 5.36. The summed E-state index contributed by atoms with van der Waals surface area (Å²) >= 11 is 7.43. The van der Waals surface area contributed by atoms with E-state index in [1.54, 1.807) is 0 Å². The minimum atomic E-state index is -0.140. The quantitative estimate of drug-likeness (QED) is 0.891. The number of halogens is 1. The highest BCUT2D eigenvalue weighted by molar-refractivity contribution is 7.13. The second kappa shape index (κ2) is 5.38. The Hall–Kier alpha value is -0.580. The Morgan fingerprint density at radius 2 is 2.18 bits per heavy atom. The van der Waals surface area contributed by atoms with Crippen LogP contribution in [-0.2, 0) is 0 Å². The fraction of sp³-hybridized carbons (Fsp3) is 0.583. The molecule has 1 heterocycles. The van der Waals surface area contributed by atoms with Crippen LogP contribution in [0.25, 0.3) is 0 Å². The van der Waals surface area contributed by atoms with Gasteiger partial charge in [0.25, 0.3) is 5.91 Å². The second-order valence-electron chi connectivity index (χ2n) is 5.19. The standard InChI is InChI=1S/C12H19ClN2OS/c1-7-6-17-10(9(7)13)11(16)15-8(5-14)12(2,3)4/h6,8H,5,14H2,1-4H3,(H,15,16). The molecule has 0 aromatic carbocycles. The molecule has 96 valence electrons. The van der Waals surface area contributed by atoms with Crippen molar-refractivity contribution >= 4 is 28.8 Å². The molecule has 17 heavy (non-hydrogen) atoms. The van der Waals surface area contributed by atoms with Crippen molar-refractivity contribution in [1.82, 2.24) is 5.32 Å². The van der Waals surface area contributed by atoms with E-state index in [-0.39, 0.29) is 17.4 Å². The van der Waals surface area contributed by atoms with Gasteiger partial charge in [-0.3, -0.25) is 4.79 Å². The van der Waals surface area contributed by atoms with Gasteiger partial charge >= 0.3 is 0 Å². The molecule has 0 aliphatic rings. The Bertz CT molecular complexity index is 409. The molecule has 3 nitrogen and oxygen atoms in total. The third-order valence-electron chi connectivity index (χ3n) is 2.69. The number of aryl methyl sites for hydroxylation is 1. The molecule has 1 rings (SSSR count). The number of carbonyl (C=O) groups excluding carboxylic acids is 1. The van der Waals surface area contributed by atoms with Crippen LogP contribution in [0.3, 0.4) is 0 Å². The smallest absolute Gasteiger partial charge is 0.263 e. The maximum atomic E-state index is 12.1. The van der Waals surface area contributed by atoms with Crippen LogP contribution < -0.4 is 11.1 Å². The zero-order valence-electron chi connectivity index (χ0n) is 10.6. The van der Waals surface area contributed by atoms with Gasteiger partial charge in [-0.1, -0.05) is 32.4 Å². The van der Waals surface area contributed by atoms with E-state index >= 15 is 0 Å². The lowest BCUT2D eigenvalue weighted by molar-refractivity contribution is 0.0910. The fourth-order valence-electron chi connectivity index (χ4n) is 1.44. The van der Waals surface area contributed by atoms with E-state index in [4.69, 9.17) is 17.3 Å². The normalized spacial score (nSPS) is 13.5. The molecule has 0 bridgehead atoms. The van der Waals surface area contributed by atoms with E-state index in [0.717, 1.165) is 5.56 Å². The van der Waals surface area contributed by atoms with Crippen molar-refractivity contribution in [3.63, 3.8) is 0 Å². The summed E-state index contributed by atoms with van der Waals surface area (Å²) in [5.41, 5.74) is 6.55. The lowest BCUT2D eigenvalue weighted by atomic mass is 9.87. The SMILES string of the molecule is Cc1csc(C(=O)NC(CN)C(C)(C)C)c1Cl. The number of hydrogen-bond donors (Lipinski definition) is 2. The van der Waals surface area contributed by atoms with Crippen molar-refractivity contribution in [3.05, 3.63) is 20.8 Å². The van der Waals surface area contributed by atoms with E-state index in [2.05, 4.69) is 5.32 Å². The Balaban J connectivity index is 2.82. The van der Waals surface area contributed by atoms with Crippen LogP contribution in [0.5, 0.6) is 0 Å². The van der Waals surface area contributed by atoms with Crippen molar-refractivity contribution < 1.29 is 4.79 Å². The maximum absolute atomic E-state index is 12.1. The molecule has 0 spiro atoms. The zero-order chi connectivity index (χ0) is 13.2. The number of nitrogens with one attached hydrogen (secondary N) is 1. The average Bonchev–Trinajstić information content (AvgIpc) is 2.54. The third kappa shape index (κ3) is 3.44. The molecule has 0 aliphatic carbocycles. The number of amides is 1. The number of hydrogen-bond acceptors (Lipinski definition) is 3. The van der Waals surface area contributed by atoms with Gasteiger partial charge in [0, 0.05) is 12.6 Å². The van der Waals surface area contributed by atoms with Crippen LogP contribution in [0.1, 0.15) is 36.0 Å².